The summed E-state index contributed by atoms with van der Waals surface area (Å²) in [5.74, 6) is -0.347. The van der Waals surface area contributed by atoms with Crippen molar-refractivity contribution in [3.8, 4) is 0 Å². The van der Waals surface area contributed by atoms with Gasteiger partial charge in [0.25, 0.3) is 0 Å². The van der Waals surface area contributed by atoms with Crippen LogP contribution in [0.15, 0.2) is 60.0 Å². The van der Waals surface area contributed by atoms with Gasteiger partial charge in [-0.2, -0.15) is 0 Å². The highest BCUT2D eigenvalue weighted by Gasteiger charge is 2.20. The van der Waals surface area contributed by atoms with Crippen molar-refractivity contribution < 1.29 is 9.18 Å². The summed E-state index contributed by atoms with van der Waals surface area (Å²) in [6.07, 6.45) is 3.97. The number of nitrogens with zero attached hydrogens (tertiary/aromatic N) is 3. The Morgan fingerprint density at radius 1 is 1.03 bits per heavy atom. The van der Waals surface area contributed by atoms with Gasteiger partial charge in [0.05, 0.1) is 18.7 Å². The molecule has 1 aliphatic rings. The Bertz CT molecular complexity index is 936. The Hall–Kier alpha value is -2.73. The van der Waals surface area contributed by atoms with Crippen molar-refractivity contribution in [1.82, 2.24) is 4.98 Å². The minimum absolute atomic E-state index is 0.0321. The van der Waals surface area contributed by atoms with E-state index in [9.17, 15) is 9.18 Å². The van der Waals surface area contributed by atoms with Gasteiger partial charge in [-0.25, -0.2) is 9.37 Å². The molecule has 3 aromatic rings. The Morgan fingerprint density at radius 3 is 2.48 bits per heavy atom. The van der Waals surface area contributed by atoms with Crippen LogP contribution in [0.4, 0.5) is 15.2 Å². The number of hydrogen-bond donors (Lipinski definition) is 0. The van der Waals surface area contributed by atoms with Gasteiger partial charge in [-0.3, -0.25) is 4.79 Å². The second-order valence-electron chi connectivity index (χ2n) is 7.29. The van der Waals surface area contributed by atoms with E-state index in [0.29, 0.717) is 18.7 Å². The van der Waals surface area contributed by atoms with Gasteiger partial charge in [0.2, 0.25) is 5.91 Å². The number of piperidine rings is 1. The van der Waals surface area contributed by atoms with Crippen molar-refractivity contribution in [2.45, 2.75) is 32.2 Å². The van der Waals surface area contributed by atoms with Crippen molar-refractivity contribution >= 4 is 28.1 Å². The monoisotopic (exact) mass is 409 g/mol. The normalized spacial score (nSPS) is 14.0. The SMILES string of the molecule is O=C(Cc1ccccc1)N(Cc1csc(N2CCCCC2)n1)c1ccc(F)cc1. The fourth-order valence-corrected chi connectivity index (χ4v) is 4.44. The van der Waals surface area contributed by atoms with E-state index in [1.165, 1.54) is 31.4 Å². The molecule has 1 fully saturated rings. The number of halogens is 1. The summed E-state index contributed by atoms with van der Waals surface area (Å²) in [5, 5.41) is 3.05. The van der Waals surface area contributed by atoms with Crippen LogP contribution in [-0.4, -0.2) is 24.0 Å². The summed E-state index contributed by atoms with van der Waals surface area (Å²) in [5.41, 5.74) is 2.50. The van der Waals surface area contributed by atoms with Crippen molar-refractivity contribution in [2.24, 2.45) is 0 Å². The number of rotatable bonds is 6. The molecule has 0 atom stereocenters. The van der Waals surface area contributed by atoms with Gasteiger partial charge in [-0.05, 0) is 49.1 Å². The van der Waals surface area contributed by atoms with Crippen LogP contribution in [0.2, 0.25) is 0 Å². The minimum Gasteiger partial charge on any atom is -0.348 e. The van der Waals surface area contributed by atoms with Crippen molar-refractivity contribution in [3.63, 3.8) is 0 Å². The first-order valence-corrected chi connectivity index (χ1v) is 10.9. The van der Waals surface area contributed by atoms with Crippen molar-refractivity contribution in [2.75, 3.05) is 22.9 Å². The molecule has 4 nitrogen and oxygen atoms in total. The Morgan fingerprint density at radius 2 is 1.76 bits per heavy atom. The smallest absolute Gasteiger partial charge is 0.231 e. The zero-order valence-electron chi connectivity index (χ0n) is 16.3. The predicted molar refractivity (Wildman–Crippen MR) is 116 cm³/mol. The molecule has 1 saturated heterocycles. The second-order valence-corrected chi connectivity index (χ2v) is 8.12. The van der Waals surface area contributed by atoms with Gasteiger partial charge >= 0.3 is 0 Å². The van der Waals surface area contributed by atoms with Gasteiger partial charge in [-0.15, -0.1) is 11.3 Å². The van der Waals surface area contributed by atoms with E-state index >= 15 is 0 Å². The van der Waals surface area contributed by atoms with Crippen LogP contribution in [0.25, 0.3) is 0 Å². The number of benzene rings is 2. The maximum atomic E-state index is 13.4. The van der Waals surface area contributed by atoms with E-state index in [1.54, 1.807) is 28.4 Å². The summed E-state index contributed by atoms with van der Waals surface area (Å²) < 4.78 is 13.4. The molecule has 0 spiro atoms. The van der Waals surface area contributed by atoms with Crippen molar-refractivity contribution in [1.29, 1.82) is 0 Å². The van der Waals surface area contributed by atoms with Crippen LogP contribution in [-0.2, 0) is 17.8 Å². The lowest BCUT2D eigenvalue weighted by molar-refractivity contribution is -0.118. The average Bonchev–Trinajstić information content (AvgIpc) is 3.23. The second kappa shape index (κ2) is 9.18. The molecule has 6 heteroatoms. The highest BCUT2D eigenvalue weighted by molar-refractivity contribution is 7.13. The molecule has 1 aliphatic heterocycles. The third kappa shape index (κ3) is 5.01. The number of hydrogen-bond acceptors (Lipinski definition) is 4. The van der Waals surface area contributed by atoms with Gasteiger partial charge < -0.3 is 9.80 Å². The topological polar surface area (TPSA) is 36.4 Å². The fraction of sp³-hybridized carbons (Fsp3) is 0.304. The quantitative estimate of drug-likeness (QED) is 0.572. The lowest BCUT2D eigenvalue weighted by Crippen LogP contribution is -2.32. The highest BCUT2D eigenvalue weighted by atomic mass is 32.1. The van der Waals surface area contributed by atoms with Gasteiger partial charge in [0, 0.05) is 24.2 Å². The Balaban J connectivity index is 1.54. The molecule has 2 aromatic carbocycles. The molecular weight excluding hydrogens is 385 g/mol. The van der Waals surface area contributed by atoms with E-state index in [1.807, 2.05) is 35.7 Å². The Labute approximate surface area is 174 Å². The first-order chi connectivity index (χ1) is 14.2. The summed E-state index contributed by atoms with van der Waals surface area (Å²) in [7, 11) is 0. The fourth-order valence-electron chi connectivity index (χ4n) is 3.57. The number of anilines is 2. The van der Waals surface area contributed by atoms with Crippen molar-refractivity contribution in [3.05, 3.63) is 77.1 Å². The number of thiazole rings is 1. The molecule has 0 N–H and O–H groups in total. The summed E-state index contributed by atoms with van der Waals surface area (Å²) in [4.78, 5) is 21.9. The lowest BCUT2D eigenvalue weighted by atomic mass is 10.1. The Kier molecular flexibility index (Phi) is 6.20. The number of aromatic nitrogens is 1. The van der Waals surface area contributed by atoms with E-state index in [-0.39, 0.29) is 11.7 Å². The van der Waals surface area contributed by atoms with E-state index in [2.05, 4.69) is 4.90 Å². The van der Waals surface area contributed by atoms with Gasteiger partial charge in [0.1, 0.15) is 5.82 Å². The zero-order chi connectivity index (χ0) is 20.1. The number of amides is 1. The molecule has 1 aromatic heterocycles. The van der Waals surface area contributed by atoms with E-state index in [4.69, 9.17) is 4.98 Å². The zero-order valence-corrected chi connectivity index (χ0v) is 17.1. The summed E-state index contributed by atoms with van der Waals surface area (Å²) in [6, 6.07) is 15.7. The number of carbonyl (C=O) groups is 1. The molecule has 0 saturated carbocycles. The van der Waals surface area contributed by atoms with Gasteiger partial charge in [0.15, 0.2) is 5.13 Å². The molecule has 0 bridgehead atoms. The molecule has 2 heterocycles. The maximum Gasteiger partial charge on any atom is 0.231 e. The first-order valence-electron chi connectivity index (χ1n) is 9.98. The third-order valence-corrected chi connectivity index (χ3v) is 6.07. The average molecular weight is 410 g/mol. The van der Waals surface area contributed by atoms with E-state index in [0.717, 1.165) is 29.5 Å². The van der Waals surface area contributed by atoms with Gasteiger partial charge in [-0.1, -0.05) is 30.3 Å². The first kappa shape index (κ1) is 19.6. The molecule has 0 radical (unpaired) electrons. The van der Waals surface area contributed by atoms with Crippen LogP contribution in [0.1, 0.15) is 30.5 Å². The summed E-state index contributed by atoms with van der Waals surface area (Å²) >= 11 is 1.63. The third-order valence-electron chi connectivity index (χ3n) is 5.12. The molecule has 0 unspecified atom stereocenters. The largest absolute Gasteiger partial charge is 0.348 e. The van der Waals surface area contributed by atoms with Crippen LogP contribution >= 0.6 is 11.3 Å². The molecule has 150 valence electrons. The van der Waals surface area contributed by atoms with Crippen LogP contribution < -0.4 is 9.80 Å². The highest BCUT2D eigenvalue weighted by Crippen LogP contribution is 2.26. The standard InChI is InChI=1S/C23H24FN3OS/c24-19-9-11-21(12-10-19)27(22(28)15-18-7-3-1-4-8-18)16-20-17-29-23(25-20)26-13-5-2-6-14-26/h1,3-4,7-12,17H,2,5-6,13-16H2. The maximum absolute atomic E-state index is 13.4. The minimum atomic E-state index is -0.315. The molecule has 1 amide bonds. The predicted octanol–water partition coefficient (Wildman–Crippen LogP) is 5.05. The number of carbonyl (C=O) groups excluding carboxylic acids is 1. The molecule has 29 heavy (non-hydrogen) atoms. The van der Waals surface area contributed by atoms with Crippen LogP contribution in [0, 0.1) is 5.82 Å². The molecule has 0 aliphatic carbocycles. The van der Waals surface area contributed by atoms with Crippen LogP contribution in [0.5, 0.6) is 0 Å². The lowest BCUT2D eigenvalue weighted by Gasteiger charge is -2.26. The molecular formula is C23H24FN3OS. The molecule has 4 rings (SSSR count). The van der Waals surface area contributed by atoms with Crippen LogP contribution in [0.3, 0.4) is 0 Å². The van der Waals surface area contributed by atoms with E-state index < -0.39 is 0 Å². The summed E-state index contributed by atoms with van der Waals surface area (Å²) in [6.45, 7) is 2.46.